The lowest BCUT2D eigenvalue weighted by atomic mass is 10.1. The molecule has 0 atom stereocenters. The highest BCUT2D eigenvalue weighted by atomic mass is 16.2. The van der Waals surface area contributed by atoms with E-state index in [9.17, 15) is 19.2 Å². The van der Waals surface area contributed by atoms with Crippen LogP contribution in [-0.2, 0) is 14.4 Å². The summed E-state index contributed by atoms with van der Waals surface area (Å²) in [5.74, 6) is -0.773. The molecule has 0 unspecified atom stereocenters. The van der Waals surface area contributed by atoms with Crippen LogP contribution in [0.5, 0.6) is 0 Å². The van der Waals surface area contributed by atoms with Gasteiger partial charge in [0.25, 0.3) is 0 Å². The van der Waals surface area contributed by atoms with E-state index in [0.29, 0.717) is 18.5 Å². The van der Waals surface area contributed by atoms with Gasteiger partial charge in [0.05, 0.1) is 6.54 Å². The predicted octanol–water partition coefficient (Wildman–Crippen LogP) is 1.15. The van der Waals surface area contributed by atoms with E-state index in [1.807, 2.05) is 0 Å². The number of ketones is 1. The molecule has 2 aliphatic heterocycles. The molecule has 0 aromatic heterocycles. The number of likely N-dealkylation sites (tertiary alicyclic amines) is 1. The predicted molar refractivity (Wildman–Crippen MR) is 78.3 cm³/mol. The molecular formula is C16H16N2O4. The number of anilines is 1. The van der Waals surface area contributed by atoms with E-state index in [2.05, 4.69) is 0 Å². The lowest BCUT2D eigenvalue weighted by Crippen LogP contribution is -2.34. The number of amides is 3. The van der Waals surface area contributed by atoms with Gasteiger partial charge < -0.3 is 4.90 Å². The summed E-state index contributed by atoms with van der Waals surface area (Å²) in [5, 5.41) is 0. The molecule has 3 rings (SSSR count). The Bertz CT molecular complexity index is 635. The summed E-state index contributed by atoms with van der Waals surface area (Å²) in [6.07, 6.45) is 1.77. The molecule has 0 aliphatic carbocycles. The maximum atomic E-state index is 12.2. The number of imide groups is 1. The third-order valence-corrected chi connectivity index (χ3v) is 4.03. The summed E-state index contributed by atoms with van der Waals surface area (Å²) < 4.78 is 0. The number of nitrogens with zero attached hydrogens (tertiary/aromatic N) is 2. The summed E-state index contributed by atoms with van der Waals surface area (Å²) in [5.41, 5.74) is 1.20. The number of benzene rings is 1. The topological polar surface area (TPSA) is 74.8 Å². The summed E-state index contributed by atoms with van der Waals surface area (Å²) in [4.78, 5) is 49.6. The van der Waals surface area contributed by atoms with Crippen molar-refractivity contribution in [2.24, 2.45) is 0 Å². The van der Waals surface area contributed by atoms with Gasteiger partial charge in [-0.05, 0) is 30.7 Å². The third-order valence-electron chi connectivity index (χ3n) is 4.03. The van der Waals surface area contributed by atoms with Gasteiger partial charge in [-0.15, -0.1) is 0 Å². The van der Waals surface area contributed by atoms with E-state index in [1.54, 1.807) is 29.2 Å². The van der Waals surface area contributed by atoms with Crippen molar-refractivity contribution in [3.63, 3.8) is 0 Å². The zero-order valence-electron chi connectivity index (χ0n) is 12.1. The van der Waals surface area contributed by atoms with Gasteiger partial charge in [0.1, 0.15) is 0 Å². The van der Waals surface area contributed by atoms with E-state index in [0.717, 1.165) is 17.0 Å². The summed E-state index contributed by atoms with van der Waals surface area (Å²) >= 11 is 0. The van der Waals surface area contributed by atoms with Gasteiger partial charge in [-0.25, -0.2) is 0 Å². The highest BCUT2D eigenvalue weighted by Gasteiger charge is 2.30. The SMILES string of the molecule is O=C(CN1C(=O)CCC1=O)c1ccc(N2CCCC2=O)cc1. The van der Waals surface area contributed by atoms with E-state index < -0.39 is 0 Å². The number of carbonyl (C=O) groups is 4. The summed E-state index contributed by atoms with van der Waals surface area (Å²) in [7, 11) is 0. The molecule has 6 nitrogen and oxygen atoms in total. The molecular weight excluding hydrogens is 284 g/mol. The molecule has 1 aromatic rings. The highest BCUT2D eigenvalue weighted by molar-refractivity contribution is 6.08. The Labute approximate surface area is 127 Å². The highest BCUT2D eigenvalue weighted by Crippen LogP contribution is 2.22. The van der Waals surface area contributed by atoms with Crippen molar-refractivity contribution in [2.75, 3.05) is 18.0 Å². The molecule has 2 fully saturated rings. The van der Waals surface area contributed by atoms with Crippen molar-refractivity contribution in [3.8, 4) is 0 Å². The van der Waals surface area contributed by atoms with Crippen LogP contribution in [0, 0.1) is 0 Å². The summed E-state index contributed by atoms with van der Waals surface area (Å²) in [6, 6.07) is 6.72. The first-order valence-electron chi connectivity index (χ1n) is 7.33. The van der Waals surface area contributed by atoms with Crippen LogP contribution < -0.4 is 4.90 Å². The standard InChI is InChI=1S/C16H16N2O4/c19-13(10-18-15(21)7-8-16(18)22)11-3-5-12(6-4-11)17-9-1-2-14(17)20/h3-6H,1-2,7-10H2. The van der Waals surface area contributed by atoms with Gasteiger partial charge in [-0.1, -0.05) is 0 Å². The van der Waals surface area contributed by atoms with Crippen LogP contribution in [-0.4, -0.2) is 41.5 Å². The van der Waals surface area contributed by atoms with Crippen LogP contribution in [0.15, 0.2) is 24.3 Å². The van der Waals surface area contributed by atoms with Crippen LogP contribution in [0.3, 0.4) is 0 Å². The zero-order valence-corrected chi connectivity index (χ0v) is 12.1. The quantitative estimate of drug-likeness (QED) is 0.617. The van der Waals surface area contributed by atoms with E-state index in [1.165, 1.54) is 0 Å². The van der Waals surface area contributed by atoms with Crippen LogP contribution >= 0.6 is 0 Å². The molecule has 114 valence electrons. The van der Waals surface area contributed by atoms with Crippen molar-refractivity contribution in [1.29, 1.82) is 0 Å². The molecule has 2 aliphatic rings. The van der Waals surface area contributed by atoms with Crippen molar-refractivity contribution in [3.05, 3.63) is 29.8 Å². The molecule has 0 radical (unpaired) electrons. The minimum absolute atomic E-state index is 0.0901. The first kappa shape index (κ1) is 14.4. The lowest BCUT2D eigenvalue weighted by Gasteiger charge is -2.16. The molecule has 2 heterocycles. The van der Waals surface area contributed by atoms with Gasteiger partial charge in [0, 0.05) is 37.1 Å². The fraction of sp³-hybridized carbons (Fsp3) is 0.375. The number of carbonyl (C=O) groups excluding carboxylic acids is 4. The number of rotatable bonds is 4. The maximum absolute atomic E-state index is 12.2. The van der Waals surface area contributed by atoms with Gasteiger partial charge in [-0.3, -0.25) is 24.1 Å². The van der Waals surface area contributed by atoms with Crippen molar-refractivity contribution < 1.29 is 19.2 Å². The Kier molecular flexibility index (Phi) is 3.75. The van der Waals surface area contributed by atoms with Crippen molar-refractivity contribution in [2.45, 2.75) is 25.7 Å². The van der Waals surface area contributed by atoms with Gasteiger partial charge >= 0.3 is 0 Å². The summed E-state index contributed by atoms with van der Waals surface area (Å²) in [6.45, 7) is 0.489. The van der Waals surface area contributed by atoms with Gasteiger partial charge in [0.2, 0.25) is 17.7 Å². The number of hydrogen-bond acceptors (Lipinski definition) is 4. The normalized spacial score (nSPS) is 18.5. The van der Waals surface area contributed by atoms with Crippen LogP contribution in [0.1, 0.15) is 36.0 Å². The zero-order chi connectivity index (χ0) is 15.7. The molecule has 0 spiro atoms. The number of Topliss-reactive ketones (excluding diaryl/α,β-unsaturated/α-hetero) is 1. The van der Waals surface area contributed by atoms with Crippen LogP contribution in [0.25, 0.3) is 0 Å². The first-order chi connectivity index (χ1) is 10.6. The smallest absolute Gasteiger partial charge is 0.230 e. The third kappa shape index (κ3) is 2.64. The molecule has 0 saturated carbocycles. The largest absolute Gasteiger partial charge is 0.312 e. The molecule has 22 heavy (non-hydrogen) atoms. The van der Waals surface area contributed by atoms with E-state index in [4.69, 9.17) is 0 Å². The van der Waals surface area contributed by atoms with Gasteiger partial charge in [-0.2, -0.15) is 0 Å². The second-order valence-electron chi connectivity index (χ2n) is 5.49. The average Bonchev–Trinajstić information content (AvgIpc) is 3.08. The minimum atomic E-state index is -0.294. The Morgan fingerprint density at radius 3 is 2.09 bits per heavy atom. The fourth-order valence-electron chi connectivity index (χ4n) is 2.78. The van der Waals surface area contributed by atoms with E-state index in [-0.39, 0.29) is 42.9 Å². The average molecular weight is 300 g/mol. The molecule has 1 aromatic carbocycles. The maximum Gasteiger partial charge on any atom is 0.230 e. The second-order valence-corrected chi connectivity index (χ2v) is 5.49. The fourth-order valence-corrected chi connectivity index (χ4v) is 2.78. The van der Waals surface area contributed by atoms with Crippen LogP contribution in [0.2, 0.25) is 0 Å². The second kappa shape index (κ2) is 5.71. The van der Waals surface area contributed by atoms with Gasteiger partial charge in [0.15, 0.2) is 5.78 Å². The molecule has 2 saturated heterocycles. The minimum Gasteiger partial charge on any atom is -0.312 e. The molecule has 3 amide bonds. The molecule has 0 N–H and O–H groups in total. The van der Waals surface area contributed by atoms with E-state index >= 15 is 0 Å². The molecule has 6 heteroatoms. The number of hydrogen-bond donors (Lipinski definition) is 0. The van der Waals surface area contributed by atoms with Crippen LogP contribution in [0.4, 0.5) is 5.69 Å². The van der Waals surface area contributed by atoms with Crippen molar-refractivity contribution in [1.82, 2.24) is 4.90 Å². The molecule has 0 bridgehead atoms. The Hall–Kier alpha value is -2.50. The lowest BCUT2D eigenvalue weighted by molar-refractivity contribution is -0.137. The Morgan fingerprint density at radius 2 is 1.55 bits per heavy atom. The Morgan fingerprint density at radius 1 is 0.909 bits per heavy atom. The first-order valence-corrected chi connectivity index (χ1v) is 7.33. The van der Waals surface area contributed by atoms with Crippen molar-refractivity contribution >= 4 is 29.2 Å². The monoisotopic (exact) mass is 300 g/mol. The Balaban J connectivity index is 1.70.